The molecule has 3 N–H and O–H groups in total. The van der Waals surface area contributed by atoms with Gasteiger partial charge in [-0.2, -0.15) is 0 Å². The van der Waals surface area contributed by atoms with Gasteiger partial charge in [0.2, 0.25) is 5.88 Å². The van der Waals surface area contributed by atoms with E-state index in [1.54, 1.807) is 6.33 Å². The molecule has 1 aromatic heterocycles. The predicted octanol–water partition coefficient (Wildman–Crippen LogP) is -2.62. The zero-order chi connectivity index (χ0) is 14.1. The number of hydrogen-bond donors (Lipinski definition) is 2. The van der Waals surface area contributed by atoms with Gasteiger partial charge in [-0.05, 0) is 24.0 Å². The Kier molecular flexibility index (Phi) is 4.45. The van der Waals surface area contributed by atoms with Gasteiger partial charge in [0.25, 0.3) is 0 Å². The molecule has 0 unspecified atom stereocenters. The summed E-state index contributed by atoms with van der Waals surface area (Å²) in [4.78, 5) is 8.49. The van der Waals surface area contributed by atoms with Crippen LogP contribution in [-0.2, 0) is 12.8 Å². The van der Waals surface area contributed by atoms with Gasteiger partial charge in [0.1, 0.15) is 25.2 Å². The van der Waals surface area contributed by atoms with Crippen LogP contribution in [-0.4, -0.2) is 35.2 Å². The average Bonchev–Trinajstić information content (AvgIpc) is 2.85. The molecule has 6 heteroatoms. The van der Waals surface area contributed by atoms with Gasteiger partial charge >= 0.3 is 0 Å². The quantitative estimate of drug-likeness (QED) is 0.648. The van der Waals surface area contributed by atoms with Gasteiger partial charge in [-0.15, -0.1) is 0 Å². The summed E-state index contributed by atoms with van der Waals surface area (Å²) in [5.74, 6) is 1.52. The maximum absolute atomic E-state index is 5.79. The Bertz CT molecular complexity index is 623. The molecule has 1 aromatic carbocycles. The van der Waals surface area contributed by atoms with Crippen molar-refractivity contribution in [2.45, 2.75) is 25.0 Å². The molecule has 22 heavy (non-hydrogen) atoms. The van der Waals surface area contributed by atoms with Crippen LogP contribution < -0.4 is 27.8 Å². The second-order valence-corrected chi connectivity index (χ2v) is 5.76. The van der Waals surface area contributed by atoms with Gasteiger partial charge in [0.15, 0.2) is 6.10 Å². The third-order valence-corrected chi connectivity index (χ3v) is 4.19. The molecule has 1 aliphatic carbocycles. The Morgan fingerprint density at radius 1 is 1.09 bits per heavy atom. The fourth-order valence-electron chi connectivity index (χ4n) is 2.92. The number of nitrogens with two attached hydrogens (primary N) is 1. The number of quaternary nitrogens is 1. The number of halogens is 1. The third kappa shape index (κ3) is 3.15. The predicted molar refractivity (Wildman–Crippen MR) is 79.4 cm³/mol. The van der Waals surface area contributed by atoms with Crippen molar-refractivity contribution in [3.8, 4) is 5.88 Å². The van der Waals surface area contributed by atoms with Crippen LogP contribution in [0.3, 0.4) is 0 Å². The molecule has 0 amide bonds. The van der Waals surface area contributed by atoms with Crippen molar-refractivity contribution in [1.29, 1.82) is 0 Å². The fraction of sp³-hybridized carbons (Fsp3) is 0.375. The van der Waals surface area contributed by atoms with E-state index < -0.39 is 0 Å². The van der Waals surface area contributed by atoms with Crippen molar-refractivity contribution in [2.24, 2.45) is 0 Å². The van der Waals surface area contributed by atoms with E-state index >= 15 is 0 Å². The molecule has 0 atom stereocenters. The summed E-state index contributed by atoms with van der Waals surface area (Å²) in [6.07, 6.45) is 3.97. The largest absolute Gasteiger partial charge is 1.00 e. The summed E-state index contributed by atoms with van der Waals surface area (Å²) < 4.78 is 5.79. The molecule has 0 spiro atoms. The van der Waals surface area contributed by atoms with Crippen molar-refractivity contribution in [2.75, 3.05) is 18.4 Å². The Hall–Kier alpha value is -1.85. The SMILES string of the molecule is [Cl-].c1ccc2c(c1)CC(Nc1cc(OC3C[NH2+]C3)ncn1)C2. The van der Waals surface area contributed by atoms with E-state index in [2.05, 4.69) is 44.9 Å². The highest BCUT2D eigenvalue weighted by Gasteiger charge is 2.24. The Balaban J connectivity index is 0.00000144. The number of rotatable bonds is 4. The van der Waals surface area contributed by atoms with Crippen LogP contribution in [0.2, 0.25) is 0 Å². The van der Waals surface area contributed by atoms with Gasteiger partial charge in [-0.1, -0.05) is 24.3 Å². The smallest absolute Gasteiger partial charge is 0.219 e. The first-order valence-electron chi connectivity index (χ1n) is 7.50. The van der Waals surface area contributed by atoms with E-state index in [9.17, 15) is 0 Å². The molecule has 116 valence electrons. The molecular formula is C16H19ClN4O. The van der Waals surface area contributed by atoms with Crippen molar-refractivity contribution in [3.05, 3.63) is 47.8 Å². The Labute approximate surface area is 135 Å². The highest BCUT2D eigenvalue weighted by atomic mass is 35.5. The van der Waals surface area contributed by atoms with E-state index in [0.717, 1.165) is 31.7 Å². The summed E-state index contributed by atoms with van der Waals surface area (Å²) in [6, 6.07) is 10.9. The average molecular weight is 319 g/mol. The van der Waals surface area contributed by atoms with Gasteiger partial charge in [-0.3, -0.25) is 0 Å². The number of benzene rings is 1. The summed E-state index contributed by atoms with van der Waals surface area (Å²) >= 11 is 0. The molecule has 5 nitrogen and oxygen atoms in total. The highest BCUT2D eigenvalue weighted by Crippen LogP contribution is 2.24. The summed E-state index contributed by atoms with van der Waals surface area (Å²) in [7, 11) is 0. The van der Waals surface area contributed by atoms with Crippen LogP contribution in [0, 0.1) is 0 Å². The molecule has 0 saturated carbocycles. The second kappa shape index (κ2) is 6.50. The molecule has 1 saturated heterocycles. The number of nitrogens with one attached hydrogen (secondary N) is 1. The lowest BCUT2D eigenvalue weighted by Crippen LogP contribution is -3.00. The first kappa shape index (κ1) is 15.1. The van der Waals surface area contributed by atoms with E-state index in [1.165, 1.54) is 11.1 Å². The van der Waals surface area contributed by atoms with Crippen molar-refractivity contribution < 1.29 is 22.5 Å². The Morgan fingerprint density at radius 2 is 1.82 bits per heavy atom. The minimum Gasteiger partial charge on any atom is -1.00 e. The molecule has 0 radical (unpaired) electrons. The molecule has 2 heterocycles. The lowest BCUT2D eigenvalue weighted by Gasteiger charge is -2.23. The molecule has 4 rings (SSSR count). The third-order valence-electron chi connectivity index (χ3n) is 4.19. The van der Waals surface area contributed by atoms with Crippen molar-refractivity contribution in [1.82, 2.24) is 9.97 Å². The molecule has 1 aliphatic heterocycles. The zero-order valence-corrected chi connectivity index (χ0v) is 13.0. The first-order valence-corrected chi connectivity index (χ1v) is 7.50. The number of anilines is 1. The topological polar surface area (TPSA) is 63.6 Å². The van der Waals surface area contributed by atoms with E-state index in [-0.39, 0.29) is 12.4 Å². The second-order valence-electron chi connectivity index (χ2n) is 5.76. The van der Waals surface area contributed by atoms with Crippen LogP contribution in [0.15, 0.2) is 36.7 Å². The lowest BCUT2D eigenvalue weighted by molar-refractivity contribution is -0.721. The number of fused-ring (bicyclic) bond motifs is 1. The van der Waals surface area contributed by atoms with Crippen LogP contribution in [0.25, 0.3) is 0 Å². The van der Waals surface area contributed by atoms with Crippen LogP contribution in [0.5, 0.6) is 5.88 Å². The maximum atomic E-state index is 5.79. The van der Waals surface area contributed by atoms with Crippen LogP contribution in [0.4, 0.5) is 5.82 Å². The maximum Gasteiger partial charge on any atom is 0.219 e. The van der Waals surface area contributed by atoms with E-state index in [1.807, 2.05) is 6.07 Å². The first-order chi connectivity index (χ1) is 10.4. The minimum absolute atomic E-state index is 0. The fourth-order valence-corrected chi connectivity index (χ4v) is 2.92. The molecule has 2 aromatic rings. The van der Waals surface area contributed by atoms with Gasteiger partial charge in [-0.25, -0.2) is 9.97 Å². The van der Waals surface area contributed by atoms with Gasteiger partial charge < -0.3 is 27.8 Å². The number of hydrogen-bond acceptors (Lipinski definition) is 4. The Morgan fingerprint density at radius 3 is 2.45 bits per heavy atom. The lowest BCUT2D eigenvalue weighted by atomic mass is 10.1. The van der Waals surface area contributed by atoms with Gasteiger partial charge in [0, 0.05) is 12.1 Å². The minimum atomic E-state index is 0. The number of nitrogens with zero attached hydrogens (tertiary/aromatic N) is 2. The normalized spacial score (nSPS) is 17.3. The summed E-state index contributed by atoms with van der Waals surface area (Å²) in [5.41, 5.74) is 2.87. The molecule has 0 bridgehead atoms. The summed E-state index contributed by atoms with van der Waals surface area (Å²) in [5, 5.41) is 5.72. The molecular weight excluding hydrogens is 300 g/mol. The van der Waals surface area contributed by atoms with Gasteiger partial charge in [0.05, 0.1) is 0 Å². The zero-order valence-electron chi connectivity index (χ0n) is 12.2. The number of aromatic nitrogens is 2. The number of ether oxygens (including phenoxy) is 1. The van der Waals surface area contributed by atoms with Crippen LogP contribution in [0.1, 0.15) is 11.1 Å². The van der Waals surface area contributed by atoms with Crippen molar-refractivity contribution >= 4 is 5.82 Å². The standard InChI is InChI=1S/C16H18N4O.ClH/c1-2-4-12-6-13(5-11(12)3-1)20-15-7-16(19-10-18-15)21-14-8-17-9-14;/h1-4,7,10,13-14,17H,5-6,8-9H2,(H,18,19,20);1H. The van der Waals surface area contributed by atoms with Crippen LogP contribution >= 0.6 is 0 Å². The van der Waals surface area contributed by atoms with E-state index in [0.29, 0.717) is 18.0 Å². The highest BCUT2D eigenvalue weighted by molar-refractivity contribution is 5.42. The monoisotopic (exact) mass is 318 g/mol. The summed E-state index contributed by atoms with van der Waals surface area (Å²) in [6.45, 7) is 2.04. The molecule has 1 fully saturated rings. The van der Waals surface area contributed by atoms with E-state index in [4.69, 9.17) is 4.74 Å². The van der Waals surface area contributed by atoms with Crippen molar-refractivity contribution in [3.63, 3.8) is 0 Å². The molecule has 2 aliphatic rings.